The second-order valence-corrected chi connectivity index (χ2v) is 8.50. The van der Waals surface area contributed by atoms with Crippen LogP contribution in [0.15, 0.2) is 77.3 Å². The summed E-state index contributed by atoms with van der Waals surface area (Å²) in [5.74, 6) is 0.336. The van der Waals surface area contributed by atoms with Crippen molar-refractivity contribution in [3.05, 3.63) is 83.9 Å². The number of aryl methyl sites for hydroxylation is 2. The number of carbonyl (C=O) groups excluding carboxylic acids is 2. The van der Waals surface area contributed by atoms with Crippen LogP contribution in [-0.4, -0.2) is 28.5 Å². The lowest BCUT2D eigenvalue weighted by molar-refractivity contribution is -0.122. The smallest absolute Gasteiger partial charge is 0.258 e. The van der Waals surface area contributed by atoms with E-state index >= 15 is 0 Å². The SMILES string of the molecule is Cc1ccccc1-c1noc(-c2ccc(NC(=O)[C@@H]3CC(=O)N(c4ccccc4C)C3)cc2)n1. The number of benzene rings is 3. The monoisotopic (exact) mass is 452 g/mol. The van der Waals surface area contributed by atoms with Crippen LogP contribution in [-0.2, 0) is 9.59 Å². The first-order valence-corrected chi connectivity index (χ1v) is 11.2. The quantitative estimate of drug-likeness (QED) is 0.460. The lowest BCUT2D eigenvalue weighted by Crippen LogP contribution is -2.28. The highest BCUT2D eigenvalue weighted by atomic mass is 16.5. The van der Waals surface area contributed by atoms with Gasteiger partial charge in [-0.2, -0.15) is 4.98 Å². The molecule has 0 aliphatic carbocycles. The first-order valence-electron chi connectivity index (χ1n) is 11.2. The Balaban J connectivity index is 1.25. The third-order valence-electron chi connectivity index (χ3n) is 6.11. The van der Waals surface area contributed by atoms with Gasteiger partial charge in [0.05, 0.1) is 5.92 Å². The van der Waals surface area contributed by atoms with E-state index in [1.54, 1.807) is 17.0 Å². The van der Waals surface area contributed by atoms with Crippen molar-refractivity contribution in [1.29, 1.82) is 0 Å². The van der Waals surface area contributed by atoms with Crippen molar-refractivity contribution in [2.45, 2.75) is 20.3 Å². The van der Waals surface area contributed by atoms with E-state index in [0.717, 1.165) is 27.9 Å². The molecule has 1 fully saturated rings. The zero-order chi connectivity index (χ0) is 23.7. The maximum atomic E-state index is 12.8. The molecular weight excluding hydrogens is 428 g/mol. The van der Waals surface area contributed by atoms with Gasteiger partial charge in [-0.3, -0.25) is 9.59 Å². The van der Waals surface area contributed by atoms with Gasteiger partial charge < -0.3 is 14.7 Å². The van der Waals surface area contributed by atoms with Crippen LogP contribution < -0.4 is 10.2 Å². The van der Waals surface area contributed by atoms with Crippen LogP contribution in [0.2, 0.25) is 0 Å². The van der Waals surface area contributed by atoms with Crippen LogP contribution in [0.1, 0.15) is 17.5 Å². The van der Waals surface area contributed by atoms with E-state index in [1.807, 2.05) is 74.5 Å². The zero-order valence-electron chi connectivity index (χ0n) is 19.0. The fraction of sp³-hybridized carbons (Fsp3) is 0.185. The lowest BCUT2D eigenvalue weighted by Gasteiger charge is -2.19. The summed E-state index contributed by atoms with van der Waals surface area (Å²) >= 11 is 0. The predicted octanol–water partition coefficient (Wildman–Crippen LogP) is 5.01. The first kappa shape index (κ1) is 21.6. The number of aromatic nitrogens is 2. The number of rotatable bonds is 5. The molecule has 3 aromatic carbocycles. The molecule has 1 N–H and O–H groups in total. The molecule has 0 unspecified atom stereocenters. The summed E-state index contributed by atoms with van der Waals surface area (Å²) in [5.41, 5.74) is 5.27. The minimum absolute atomic E-state index is 0.0364. The van der Waals surface area contributed by atoms with Gasteiger partial charge in [-0.1, -0.05) is 47.6 Å². The molecule has 7 heteroatoms. The van der Waals surface area contributed by atoms with Crippen LogP contribution in [0, 0.1) is 19.8 Å². The van der Waals surface area contributed by atoms with Crippen LogP contribution >= 0.6 is 0 Å². The summed E-state index contributed by atoms with van der Waals surface area (Å²) in [5, 5.41) is 7.02. The van der Waals surface area contributed by atoms with E-state index < -0.39 is 5.92 Å². The number of hydrogen-bond acceptors (Lipinski definition) is 5. The highest BCUT2D eigenvalue weighted by Gasteiger charge is 2.35. The summed E-state index contributed by atoms with van der Waals surface area (Å²) in [6.07, 6.45) is 0.196. The number of amides is 2. The van der Waals surface area contributed by atoms with E-state index in [0.29, 0.717) is 23.9 Å². The Hall–Kier alpha value is -4.26. The second-order valence-electron chi connectivity index (χ2n) is 8.50. The Morgan fingerprint density at radius 3 is 2.41 bits per heavy atom. The molecule has 0 bridgehead atoms. The van der Waals surface area contributed by atoms with Crippen LogP contribution in [0.5, 0.6) is 0 Å². The predicted molar refractivity (Wildman–Crippen MR) is 130 cm³/mol. The minimum Gasteiger partial charge on any atom is -0.334 e. The number of nitrogens with one attached hydrogen (secondary N) is 1. The number of hydrogen-bond donors (Lipinski definition) is 1. The van der Waals surface area contributed by atoms with Crippen molar-refractivity contribution in [3.8, 4) is 22.8 Å². The van der Waals surface area contributed by atoms with E-state index in [9.17, 15) is 9.59 Å². The Morgan fingerprint density at radius 1 is 0.971 bits per heavy atom. The maximum absolute atomic E-state index is 12.8. The minimum atomic E-state index is -0.403. The Bertz CT molecular complexity index is 1360. The van der Waals surface area contributed by atoms with Crippen molar-refractivity contribution in [1.82, 2.24) is 10.1 Å². The fourth-order valence-corrected chi connectivity index (χ4v) is 4.20. The summed E-state index contributed by atoms with van der Waals surface area (Å²) in [6, 6.07) is 22.8. The zero-order valence-corrected chi connectivity index (χ0v) is 19.0. The highest BCUT2D eigenvalue weighted by molar-refractivity contribution is 6.03. The van der Waals surface area contributed by atoms with Gasteiger partial charge in [0.2, 0.25) is 17.6 Å². The summed E-state index contributed by atoms with van der Waals surface area (Å²) in [4.78, 5) is 31.6. The molecule has 2 amide bonds. The number of nitrogens with zero attached hydrogens (tertiary/aromatic N) is 3. The molecule has 170 valence electrons. The molecule has 34 heavy (non-hydrogen) atoms. The molecule has 0 radical (unpaired) electrons. The Morgan fingerprint density at radius 2 is 1.68 bits per heavy atom. The fourth-order valence-electron chi connectivity index (χ4n) is 4.20. The molecule has 0 spiro atoms. The van der Waals surface area contributed by atoms with Gasteiger partial charge in [-0.15, -0.1) is 0 Å². The molecule has 1 atom stereocenters. The Labute approximate surface area is 197 Å². The van der Waals surface area contributed by atoms with E-state index in [-0.39, 0.29) is 18.2 Å². The molecule has 4 aromatic rings. The van der Waals surface area contributed by atoms with Gasteiger partial charge in [0.1, 0.15) is 0 Å². The highest BCUT2D eigenvalue weighted by Crippen LogP contribution is 2.29. The van der Waals surface area contributed by atoms with E-state index in [2.05, 4.69) is 15.5 Å². The molecule has 2 heterocycles. The van der Waals surface area contributed by atoms with Crippen molar-refractivity contribution < 1.29 is 14.1 Å². The molecule has 1 aliphatic heterocycles. The van der Waals surface area contributed by atoms with Crippen LogP contribution in [0.25, 0.3) is 22.8 Å². The van der Waals surface area contributed by atoms with Gasteiger partial charge in [-0.25, -0.2) is 0 Å². The summed E-state index contributed by atoms with van der Waals surface area (Å²) in [6.45, 7) is 4.34. The van der Waals surface area contributed by atoms with Gasteiger partial charge in [0.15, 0.2) is 0 Å². The topological polar surface area (TPSA) is 88.3 Å². The van der Waals surface area contributed by atoms with Crippen molar-refractivity contribution in [2.24, 2.45) is 5.92 Å². The Kier molecular flexibility index (Phi) is 5.67. The largest absolute Gasteiger partial charge is 0.334 e. The van der Waals surface area contributed by atoms with Gasteiger partial charge >= 0.3 is 0 Å². The first-order chi connectivity index (χ1) is 16.5. The third kappa shape index (κ3) is 4.20. The van der Waals surface area contributed by atoms with Gasteiger partial charge in [0, 0.05) is 35.5 Å². The summed E-state index contributed by atoms with van der Waals surface area (Å²) in [7, 11) is 0. The van der Waals surface area contributed by atoms with E-state index in [1.165, 1.54) is 0 Å². The molecule has 1 saturated heterocycles. The normalized spacial score (nSPS) is 15.5. The molecule has 1 aromatic heterocycles. The standard InChI is InChI=1S/C27H24N4O3/c1-17-7-3-5-9-22(17)25-29-27(34-30-25)19-11-13-21(14-12-19)28-26(33)20-15-24(32)31(16-20)23-10-6-4-8-18(23)2/h3-14,20H,15-16H2,1-2H3,(H,28,33)/t20-/m1/s1. The lowest BCUT2D eigenvalue weighted by atomic mass is 10.1. The number of anilines is 2. The average molecular weight is 453 g/mol. The number of carbonyl (C=O) groups is 2. The summed E-state index contributed by atoms with van der Waals surface area (Å²) < 4.78 is 5.45. The van der Waals surface area contributed by atoms with Crippen LogP contribution in [0.3, 0.4) is 0 Å². The van der Waals surface area contributed by atoms with Crippen LogP contribution in [0.4, 0.5) is 11.4 Å². The molecule has 7 nitrogen and oxygen atoms in total. The van der Waals surface area contributed by atoms with Gasteiger partial charge in [-0.05, 0) is 55.3 Å². The average Bonchev–Trinajstić information content (AvgIpc) is 3.48. The van der Waals surface area contributed by atoms with Crippen molar-refractivity contribution in [3.63, 3.8) is 0 Å². The molecule has 5 rings (SSSR count). The molecule has 1 aliphatic rings. The molecule has 0 saturated carbocycles. The number of para-hydroxylation sites is 1. The second kappa shape index (κ2) is 8.94. The molecular formula is C27H24N4O3. The van der Waals surface area contributed by atoms with Crippen molar-refractivity contribution >= 4 is 23.2 Å². The third-order valence-corrected chi connectivity index (χ3v) is 6.11. The van der Waals surface area contributed by atoms with E-state index in [4.69, 9.17) is 4.52 Å². The van der Waals surface area contributed by atoms with Crippen molar-refractivity contribution in [2.75, 3.05) is 16.8 Å². The van der Waals surface area contributed by atoms with Gasteiger partial charge in [0.25, 0.3) is 5.89 Å². The maximum Gasteiger partial charge on any atom is 0.258 e.